The number of nitrogens with zero attached hydrogens (tertiary/aromatic N) is 1. The second-order valence-electron chi connectivity index (χ2n) is 4.27. The Bertz CT molecular complexity index is 346. The van der Waals surface area contributed by atoms with E-state index >= 15 is 0 Å². The molecule has 0 amide bonds. The largest absolute Gasteiger partial charge is 0.478 e. The highest BCUT2D eigenvalue weighted by Crippen LogP contribution is 2.14. The fourth-order valence-electron chi connectivity index (χ4n) is 1.62. The van der Waals surface area contributed by atoms with E-state index in [-0.39, 0.29) is 5.56 Å². The molecule has 1 unspecified atom stereocenters. The molecule has 90 valence electrons. The van der Waals surface area contributed by atoms with E-state index in [1.54, 1.807) is 0 Å². The predicted molar refractivity (Wildman–Crippen MR) is 61.5 cm³/mol. The third-order valence-electron chi connectivity index (χ3n) is 2.71. The Morgan fingerprint density at radius 2 is 2.31 bits per heavy atom. The highest BCUT2D eigenvalue weighted by atomic mass is 16.4. The topological polar surface area (TPSA) is 53.7 Å². The first-order valence-electron chi connectivity index (χ1n) is 5.52. The van der Waals surface area contributed by atoms with Gasteiger partial charge in [0, 0.05) is 6.54 Å². The van der Waals surface area contributed by atoms with Gasteiger partial charge in [0.2, 0.25) is 0 Å². The lowest BCUT2D eigenvalue weighted by Crippen LogP contribution is -2.24. The van der Waals surface area contributed by atoms with E-state index in [2.05, 4.69) is 18.7 Å². The molecule has 1 rings (SSSR count). The van der Waals surface area contributed by atoms with Crippen molar-refractivity contribution in [2.75, 3.05) is 13.6 Å². The van der Waals surface area contributed by atoms with E-state index in [1.165, 1.54) is 12.3 Å². The molecule has 0 radical (unpaired) electrons. The zero-order valence-corrected chi connectivity index (χ0v) is 10.1. The molecule has 0 saturated heterocycles. The molecule has 1 aromatic heterocycles. The lowest BCUT2D eigenvalue weighted by Gasteiger charge is -2.19. The van der Waals surface area contributed by atoms with Gasteiger partial charge < -0.3 is 9.52 Å². The van der Waals surface area contributed by atoms with Crippen molar-refractivity contribution < 1.29 is 14.3 Å². The summed E-state index contributed by atoms with van der Waals surface area (Å²) in [4.78, 5) is 12.9. The number of aromatic carboxylic acids is 1. The van der Waals surface area contributed by atoms with Gasteiger partial charge >= 0.3 is 5.97 Å². The molecule has 4 nitrogen and oxygen atoms in total. The van der Waals surface area contributed by atoms with E-state index < -0.39 is 5.97 Å². The Balaban J connectivity index is 2.59. The van der Waals surface area contributed by atoms with Crippen molar-refractivity contribution in [2.45, 2.75) is 26.8 Å². The van der Waals surface area contributed by atoms with Crippen LogP contribution in [0.2, 0.25) is 0 Å². The average molecular weight is 225 g/mol. The molecule has 0 aromatic carbocycles. The second kappa shape index (κ2) is 5.70. The molecule has 0 saturated carbocycles. The quantitative estimate of drug-likeness (QED) is 0.808. The molecule has 1 heterocycles. The standard InChI is InChI=1S/C12H19NO3/c1-4-9(2)7-13(3)8-11-10(12(14)15)5-6-16-11/h5-6,9H,4,7-8H2,1-3H3,(H,14,15). The van der Waals surface area contributed by atoms with Crippen LogP contribution in [0.3, 0.4) is 0 Å². The first kappa shape index (κ1) is 12.8. The summed E-state index contributed by atoms with van der Waals surface area (Å²) in [6.45, 7) is 5.81. The fourth-order valence-corrected chi connectivity index (χ4v) is 1.62. The fraction of sp³-hybridized carbons (Fsp3) is 0.583. The van der Waals surface area contributed by atoms with Gasteiger partial charge in [-0.2, -0.15) is 0 Å². The van der Waals surface area contributed by atoms with E-state index in [1.807, 2.05) is 7.05 Å². The first-order valence-corrected chi connectivity index (χ1v) is 5.52. The Morgan fingerprint density at radius 3 is 2.88 bits per heavy atom. The number of hydrogen-bond acceptors (Lipinski definition) is 3. The molecule has 1 N–H and O–H groups in total. The Hall–Kier alpha value is -1.29. The van der Waals surface area contributed by atoms with Gasteiger partial charge in [0.05, 0.1) is 12.8 Å². The van der Waals surface area contributed by atoms with Crippen LogP contribution >= 0.6 is 0 Å². The molecule has 1 atom stereocenters. The number of carbonyl (C=O) groups is 1. The number of carboxylic acid groups (broad SMARTS) is 1. The number of hydrogen-bond donors (Lipinski definition) is 1. The van der Waals surface area contributed by atoms with Crippen LogP contribution in [-0.4, -0.2) is 29.6 Å². The summed E-state index contributed by atoms with van der Waals surface area (Å²) in [5, 5.41) is 8.92. The molecule has 0 aliphatic rings. The van der Waals surface area contributed by atoms with Crippen LogP contribution in [-0.2, 0) is 6.54 Å². The van der Waals surface area contributed by atoms with Crippen molar-refractivity contribution in [3.8, 4) is 0 Å². The van der Waals surface area contributed by atoms with Crippen molar-refractivity contribution in [3.05, 3.63) is 23.7 Å². The molecular weight excluding hydrogens is 206 g/mol. The van der Waals surface area contributed by atoms with Gasteiger partial charge in [0.15, 0.2) is 0 Å². The molecule has 0 aliphatic carbocycles. The minimum absolute atomic E-state index is 0.260. The van der Waals surface area contributed by atoms with Crippen molar-refractivity contribution >= 4 is 5.97 Å². The van der Waals surface area contributed by atoms with Gasteiger partial charge in [-0.15, -0.1) is 0 Å². The van der Waals surface area contributed by atoms with E-state index in [4.69, 9.17) is 9.52 Å². The molecule has 4 heteroatoms. The van der Waals surface area contributed by atoms with Gasteiger partial charge in [0.25, 0.3) is 0 Å². The minimum Gasteiger partial charge on any atom is -0.478 e. The molecular formula is C12H19NO3. The lowest BCUT2D eigenvalue weighted by atomic mass is 10.1. The van der Waals surface area contributed by atoms with Crippen LogP contribution in [0.25, 0.3) is 0 Å². The molecule has 0 bridgehead atoms. The van der Waals surface area contributed by atoms with Gasteiger partial charge in [0.1, 0.15) is 11.3 Å². The third kappa shape index (κ3) is 3.38. The smallest absolute Gasteiger partial charge is 0.339 e. The number of furan rings is 1. The Morgan fingerprint density at radius 1 is 1.62 bits per heavy atom. The highest BCUT2D eigenvalue weighted by Gasteiger charge is 2.15. The van der Waals surface area contributed by atoms with Crippen LogP contribution in [0.5, 0.6) is 0 Å². The molecule has 0 aliphatic heterocycles. The van der Waals surface area contributed by atoms with E-state index in [9.17, 15) is 4.79 Å². The second-order valence-corrected chi connectivity index (χ2v) is 4.27. The van der Waals surface area contributed by atoms with Gasteiger partial charge in [-0.05, 0) is 19.0 Å². The SMILES string of the molecule is CCC(C)CN(C)Cc1occc1C(=O)O. The summed E-state index contributed by atoms with van der Waals surface area (Å²) in [5.41, 5.74) is 0.260. The molecule has 1 aromatic rings. The monoisotopic (exact) mass is 225 g/mol. The summed E-state index contributed by atoms with van der Waals surface area (Å²) >= 11 is 0. The number of carboxylic acids is 1. The van der Waals surface area contributed by atoms with Gasteiger partial charge in [-0.3, -0.25) is 4.90 Å². The zero-order valence-electron chi connectivity index (χ0n) is 10.1. The average Bonchev–Trinajstić information content (AvgIpc) is 2.65. The lowest BCUT2D eigenvalue weighted by molar-refractivity contribution is 0.0693. The van der Waals surface area contributed by atoms with Crippen LogP contribution < -0.4 is 0 Å². The molecule has 16 heavy (non-hydrogen) atoms. The Labute approximate surface area is 95.9 Å². The van der Waals surface area contributed by atoms with Crippen LogP contribution in [0.15, 0.2) is 16.7 Å². The summed E-state index contributed by atoms with van der Waals surface area (Å²) < 4.78 is 5.19. The summed E-state index contributed by atoms with van der Waals surface area (Å²) in [5.74, 6) is 0.201. The molecule has 0 fully saturated rings. The van der Waals surface area contributed by atoms with Crippen LogP contribution in [0, 0.1) is 5.92 Å². The van der Waals surface area contributed by atoms with Crippen LogP contribution in [0.1, 0.15) is 36.4 Å². The van der Waals surface area contributed by atoms with Crippen molar-refractivity contribution in [1.29, 1.82) is 0 Å². The first-order chi connectivity index (χ1) is 7.54. The van der Waals surface area contributed by atoms with Gasteiger partial charge in [-0.25, -0.2) is 4.79 Å². The summed E-state index contributed by atoms with van der Waals surface area (Å²) in [7, 11) is 1.97. The van der Waals surface area contributed by atoms with Crippen molar-refractivity contribution in [1.82, 2.24) is 4.90 Å². The van der Waals surface area contributed by atoms with Gasteiger partial charge in [-0.1, -0.05) is 20.3 Å². The maximum atomic E-state index is 10.9. The maximum Gasteiger partial charge on any atom is 0.339 e. The Kier molecular flexibility index (Phi) is 4.55. The molecule has 0 spiro atoms. The minimum atomic E-state index is -0.930. The summed E-state index contributed by atoms with van der Waals surface area (Å²) in [6.07, 6.45) is 2.55. The number of rotatable bonds is 6. The zero-order chi connectivity index (χ0) is 12.1. The highest BCUT2D eigenvalue weighted by molar-refractivity contribution is 5.88. The summed E-state index contributed by atoms with van der Waals surface area (Å²) in [6, 6.07) is 1.49. The van der Waals surface area contributed by atoms with E-state index in [0.29, 0.717) is 18.2 Å². The third-order valence-corrected chi connectivity index (χ3v) is 2.71. The van der Waals surface area contributed by atoms with Crippen molar-refractivity contribution in [3.63, 3.8) is 0 Å². The maximum absolute atomic E-state index is 10.9. The normalized spacial score (nSPS) is 13.0. The van der Waals surface area contributed by atoms with E-state index in [0.717, 1.165) is 13.0 Å². The predicted octanol–water partition coefficient (Wildman–Crippen LogP) is 2.46. The van der Waals surface area contributed by atoms with Crippen LogP contribution in [0.4, 0.5) is 0 Å². The van der Waals surface area contributed by atoms with Crippen molar-refractivity contribution in [2.24, 2.45) is 5.92 Å².